The van der Waals surface area contributed by atoms with Crippen LogP contribution in [0.1, 0.15) is 59.5 Å². The van der Waals surface area contributed by atoms with Crippen LogP contribution in [0.3, 0.4) is 0 Å². The van der Waals surface area contributed by atoms with Gasteiger partial charge >= 0.3 is 23.9 Å². The summed E-state index contributed by atoms with van der Waals surface area (Å²) in [6, 6.07) is 0. The number of carbonyl (C=O) groups excluding carboxylic acids is 6. The van der Waals surface area contributed by atoms with Crippen LogP contribution in [-0.2, 0) is 47.6 Å². The van der Waals surface area contributed by atoms with Gasteiger partial charge in [0.05, 0.1) is 11.1 Å². The zero-order chi connectivity index (χ0) is 30.0. The maximum atomic E-state index is 13.4. The summed E-state index contributed by atoms with van der Waals surface area (Å²) in [4.78, 5) is 73.6. The lowest BCUT2D eigenvalue weighted by Crippen LogP contribution is -2.63. The lowest BCUT2D eigenvalue weighted by molar-refractivity contribution is -0.298. The molecule has 40 heavy (non-hydrogen) atoms. The summed E-state index contributed by atoms with van der Waals surface area (Å²) in [5, 5.41) is 21.1. The van der Waals surface area contributed by atoms with Crippen molar-refractivity contribution < 1.29 is 67.4 Å². The number of ketones is 2. The Morgan fingerprint density at radius 2 is 1.27 bits per heavy atom. The van der Waals surface area contributed by atoms with E-state index >= 15 is 0 Å². The van der Waals surface area contributed by atoms with Crippen molar-refractivity contribution in [2.24, 2.45) is 0 Å². The molecular weight excluding hydrogens is 536 g/mol. The molecule has 1 aromatic carbocycles. The summed E-state index contributed by atoms with van der Waals surface area (Å²) in [7, 11) is 0. The number of aromatic hydroxyl groups is 2. The quantitative estimate of drug-likeness (QED) is 0.271. The topological polar surface area (TPSA) is 198 Å². The molecule has 0 bridgehead atoms. The fourth-order valence-corrected chi connectivity index (χ4v) is 4.30. The fourth-order valence-electron chi connectivity index (χ4n) is 4.30. The first-order valence-electron chi connectivity index (χ1n) is 12.0. The molecule has 0 amide bonds. The number of phenols is 2. The zero-order valence-corrected chi connectivity index (χ0v) is 22.5. The van der Waals surface area contributed by atoms with E-state index in [1.807, 2.05) is 0 Å². The van der Waals surface area contributed by atoms with Gasteiger partial charge in [-0.3, -0.25) is 28.8 Å². The van der Waals surface area contributed by atoms with Gasteiger partial charge in [-0.1, -0.05) is 0 Å². The van der Waals surface area contributed by atoms with Gasteiger partial charge in [-0.2, -0.15) is 0 Å². The van der Waals surface area contributed by atoms with E-state index in [1.165, 1.54) is 13.8 Å². The van der Waals surface area contributed by atoms with Crippen LogP contribution in [0.15, 0.2) is 11.8 Å². The third-order valence-electron chi connectivity index (χ3n) is 6.15. The summed E-state index contributed by atoms with van der Waals surface area (Å²) in [5.74, 6) is -6.98. The Bertz CT molecular complexity index is 1310. The molecule has 1 aliphatic carbocycles. The van der Waals surface area contributed by atoms with Crippen LogP contribution < -0.4 is 0 Å². The number of esters is 4. The minimum Gasteiger partial charge on any atom is -0.507 e. The van der Waals surface area contributed by atoms with E-state index in [-0.39, 0.29) is 11.1 Å². The van der Waals surface area contributed by atoms with Crippen molar-refractivity contribution in [1.29, 1.82) is 0 Å². The first-order valence-corrected chi connectivity index (χ1v) is 12.0. The molecule has 5 atom stereocenters. The minimum absolute atomic E-state index is 0.144. The number of carbonyl (C=O) groups is 6. The second-order valence-corrected chi connectivity index (χ2v) is 9.08. The monoisotopic (exact) mass is 564 g/mol. The molecule has 14 heteroatoms. The molecule has 1 aromatic rings. The van der Waals surface area contributed by atoms with Crippen molar-refractivity contribution in [3.05, 3.63) is 34.1 Å². The maximum absolute atomic E-state index is 13.4. The molecule has 0 saturated carbocycles. The summed E-state index contributed by atoms with van der Waals surface area (Å²) in [6.07, 6.45) is -7.10. The van der Waals surface area contributed by atoms with Crippen molar-refractivity contribution in [3.8, 4) is 11.5 Å². The van der Waals surface area contributed by atoms with Gasteiger partial charge in [-0.25, -0.2) is 0 Å². The van der Waals surface area contributed by atoms with Crippen LogP contribution in [0.4, 0.5) is 0 Å². The fraction of sp³-hybridized carbons (Fsp3) is 0.462. The summed E-state index contributed by atoms with van der Waals surface area (Å²) in [5.41, 5.74) is -0.617. The molecule has 216 valence electrons. The van der Waals surface area contributed by atoms with E-state index in [2.05, 4.69) is 0 Å². The zero-order valence-electron chi connectivity index (χ0n) is 22.5. The third-order valence-corrected chi connectivity index (χ3v) is 6.15. The van der Waals surface area contributed by atoms with Crippen molar-refractivity contribution in [2.75, 3.05) is 6.61 Å². The first-order chi connectivity index (χ1) is 18.6. The highest BCUT2D eigenvalue weighted by Crippen LogP contribution is 2.41. The number of ether oxygens (including phenoxy) is 6. The maximum Gasteiger partial charge on any atom is 0.303 e. The van der Waals surface area contributed by atoms with Crippen LogP contribution in [0.25, 0.3) is 0 Å². The van der Waals surface area contributed by atoms with Crippen molar-refractivity contribution in [2.45, 2.75) is 72.2 Å². The van der Waals surface area contributed by atoms with Gasteiger partial charge in [0.1, 0.15) is 24.2 Å². The Balaban J connectivity index is 2.08. The van der Waals surface area contributed by atoms with Crippen LogP contribution in [0.2, 0.25) is 0 Å². The van der Waals surface area contributed by atoms with Gasteiger partial charge in [0, 0.05) is 33.8 Å². The van der Waals surface area contributed by atoms with E-state index in [0.717, 1.165) is 33.8 Å². The molecule has 0 unspecified atom stereocenters. The van der Waals surface area contributed by atoms with E-state index in [0.29, 0.717) is 0 Å². The number of hydrogen-bond donors (Lipinski definition) is 2. The van der Waals surface area contributed by atoms with Crippen molar-refractivity contribution in [1.82, 2.24) is 0 Å². The van der Waals surface area contributed by atoms with Gasteiger partial charge < -0.3 is 38.6 Å². The number of fused-ring (bicyclic) bond motifs is 1. The molecular formula is C26H28O14. The average Bonchev–Trinajstić information content (AvgIpc) is 2.84. The van der Waals surface area contributed by atoms with Gasteiger partial charge in [-0.15, -0.1) is 0 Å². The third kappa shape index (κ3) is 6.06. The number of rotatable bonds is 7. The molecule has 1 saturated heterocycles. The van der Waals surface area contributed by atoms with Crippen LogP contribution in [0.5, 0.6) is 11.5 Å². The normalized spacial score (nSPS) is 23.9. The molecule has 2 N–H and O–H groups in total. The Labute approximate surface area is 227 Å². The number of Topliss-reactive ketones (excluding diaryl/α,β-unsaturated/α-hetero) is 1. The first kappa shape index (κ1) is 30.1. The lowest BCUT2D eigenvalue weighted by atomic mass is 9.87. The molecule has 0 radical (unpaired) electrons. The van der Waals surface area contributed by atoms with E-state index in [9.17, 15) is 39.0 Å². The predicted molar refractivity (Wildman–Crippen MR) is 129 cm³/mol. The Hall–Kier alpha value is -4.46. The highest BCUT2D eigenvalue weighted by molar-refractivity contribution is 6.26. The predicted octanol–water partition coefficient (Wildman–Crippen LogP) is 1.08. The van der Waals surface area contributed by atoms with Crippen LogP contribution in [0, 0.1) is 13.8 Å². The summed E-state index contributed by atoms with van der Waals surface area (Å²) < 4.78 is 32.3. The molecule has 0 aromatic heterocycles. The van der Waals surface area contributed by atoms with Crippen molar-refractivity contribution in [3.63, 3.8) is 0 Å². The molecule has 1 fully saturated rings. The molecule has 14 nitrogen and oxygen atoms in total. The number of hydrogen-bond acceptors (Lipinski definition) is 14. The van der Waals surface area contributed by atoms with E-state index < -0.39 is 101 Å². The van der Waals surface area contributed by atoms with Gasteiger partial charge in [-0.05, 0) is 25.0 Å². The largest absolute Gasteiger partial charge is 0.507 e. The number of benzene rings is 1. The Morgan fingerprint density at radius 3 is 1.80 bits per heavy atom. The second-order valence-electron chi connectivity index (χ2n) is 9.08. The Kier molecular flexibility index (Phi) is 8.83. The lowest BCUT2D eigenvalue weighted by Gasteiger charge is -2.44. The van der Waals surface area contributed by atoms with Gasteiger partial charge in [0.2, 0.25) is 18.2 Å². The van der Waals surface area contributed by atoms with Crippen LogP contribution in [-0.4, -0.2) is 83.0 Å². The SMILES string of the molecule is CC(=O)OC[C@H]1O[C@H](OC2=CC(=O)c3c(O)c(C)c(C)c(O)c3C2=O)[C@H](OC(C)=O)[C@@H](OC(C)=O)[C@@H]1OC(C)=O. The van der Waals surface area contributed by atoms with E-state index in [1.54, 1.807) is 0 Å². The van der Waals surface area contributed by atoms with Gasteiger partial charge in [0.25, 0.3) is 0 Å². The molecule has 3 rings (SSSR count). The van der Waals surface area contributed by atoms with Crippen LogP contribution >= 0.6 is 0 Å². The highest BCUT2D eigenvalue weighted by Gasteiger charge is 2.54. The molecule has 1 heterocycles. The van der Waals surface area contributed by atoms with Crippen molar-refractivity contribution >= 4 is 35.4 Å². The molecule has 1 aliphatic heterocycles. The number of allylic oxidation sites excluding steroid dienone is 2. The smallest absolute Gasteiger partial charge is 0.303 e. The van der Waals surface area contributed by atoms with E-state index in [4.69, 9.17) is 28.4 Å². The molecule has 2 aliphatic rings. The highest BCUT2D eigenvalue weighted by atomic mass is 16.7. The summed E-state index contributed by atoms with van der Waals surface area (Å²) in [6.45, 7) is 6.55. The minimum atomic E-state index is -1.78. The Morgan fingerprint density at radius 1 is 0.775 bits per heavy atom. The molecule has 0 spiro atoms. The average molecular weight is 564 g/mol. The van der Waals surface area contributed by atoms with Gasteiger partial charge in [0.15, 0.2) is 23.8 Å². The summed E-state index contributed by atoms with van der Waals surface area (Å²) >= 11 is 0. The number of phenolic OH excluding ortho intramolecular Hbond substituents is 2. The standard InChI is InChI=1S/C26H28O14/c1-9-10(2)21(33)19-18(20(9)32)15(31)7-16(22(19)34)39-26-25(38-14(6)30)24(37-13(5)29)23(36-12(4)28)17(40-26)8-35-11(3)27/h7,17,23-26,32-33H,8H2,1-6H3/t17-,23-,24+,25-,26+/m1/s1. The second kappa shape index (κ2) is 11.7.